The minimum absolute atomic E-state index is 0.0186. The molecular weight excluding hydrogens is 370 g/mol. The van der Waals surface area contributed by atoms with Gasteiger partial charge in [-0.15, -0.1) is 0 Å². The molecule has 0 aromatic heterocycles. The van der Waals surface area contributed by atoms with Gasteiger partial charge in [-0.1, -0.05) is 12.1 Å². The minimum Gasteiger partial charge on any atom is -0.466 e. The summed E-state index contributed by atoms with van der Waals surface area (Å²) >= 11 is 0. The molecule has 1 N–H and O–H groups in total. The fourth-order valence-corrected chi connectivity index (χ4v) is 3.73. The third-order valence-electron chi connectivity index (χ3n) is 4.81. The van der Waals surface area contributed by atoms with E-state index in [1.807, 2.05) is 0 Å². The van der Waals surface area contributed by atoms with Crippen LogP contribution < -0.4 is 0 Å². The van der Waals surface area contributed by atoms with E-state index in [0.717, 1.165) is 0 Å². The first-order valence-corrected chi connectivity index (χ1v) is 8.96. The summed E-state index contributed by atoms with van der Waals surface area (Å²) in [6, 6.07) is 5.32. The first kappa shape index (κ1) is 21.5. The average Bonchev–Trinajstić information content (AvgIpc) is 2.60. The zero-order chi connectivity index (χ0) is 21.1. The summed E-state index contributed by atoms with van der Waals surface area (Å²) in [4.78, 5) is 48.5. The molecule has 0 amide bonds. The molecule has 9 heteroatoms. The van der Waals surface area contributed by atoms with E-state index in [1.165, 1.54) is 31.2 Å². The van der Waals surface area contributed by atoms with Gasteiger partial charge in [0, 0.05) is 24.5 Å². The second-order valence-corrected chi connectivity index (χ2v) is 6.84. The van der Waals surface area contributed by atoms with Crippen LogP contribution in [0.25, 0.3) is 0 Å². The van der Waals surface area contributed by atoms with E-state index < -0.39 is 52.4 Å². The smallest absolute Gasteiger partial charge is 0.317 e. The summed E-state index contributed by atoms with van der Waals surface area (Å²) in [7, 11) is 0. The summed E-state index contributed by atoms with van der Waals surface area (Å²) in [6.07, 6.45) is -0.439. The molecule has 1 aliphatic rings. The zero-order valence-corrected chi connectivity index (χ0v) is 15.9. The Balaban J connectivity index is 2.67. The molecule has 0 heterocycles. The number of benzene rings is 1. The molecule has 28 heavy (non-hydrogen) atoms. The number of aliphatic hydroxyl groups is 1. The maximum Gasteiger partial charge on any atom is 0.317 e. The molecular formula is C19H23NO8. The molecule has 1 aliphatic carbocycles. The molecule has 0 saturated heterocycles. The van der Waals surface area contributed by atoms with Gasteiger partial charge in [0.25, 0.3) is 5.69 Å². The Morgan fingerprint density at radius 3 is 2.43 bits per heavy atom. The van der Waals surface area contributed by atoms with Crippen molar-refractivity contribution >= 4 is 23.4 Å². The molecule has 2 rings (SSSR count). The number of carbonyl (C=O) groups excluding carboxylic acids is 3. The monoisotopic (exact) mass is 393 g/mol. The first-order valence-electron chi connectivity index (χ1n) is 8.96. The van der Waals surface area contributed by atoms with E-state index in [-0.39, 0.29) is 24.5 Å². The van der Waals surface area contributed by atoms with Gasteiger partial charge in [0.1, 0.15) is 5.92 Å². The van der Waals surface area contributed by atoms with Crippen molar-refractivity contribution in [3.63, 3.8) is 0 Å². The number of hydrogen-bond donors (Lipinski definition) is 1. The lowest BCUT2D eigenvalue weighted by molar-refractivity contribution is -0.385. The maximum absolute atomic E-state index is 12.7. The van der Waals surface area contributed by atoms with Crippen LogP contribution in [-0.2, 0) is 23.9 Å². The molecule has 1 saturated carbocycles. The highest BCUT2D eigenvalue weighted by Gasteiger charge is 2.57. The van der Waals surface area contributed by atoms with Crippen molar-refractivity contribution in [3.05, 3.63) is 39.9 Å². The average molecular weight is 393 g/mol. The molecule has 1 fully saturated rings. The number of rotatable bonds is 6. The molecule has 0 spiro atoms. The molecule has 152 valence electrons. The lowest BCUT2D eigenvalue weighted by Gasteiger charge is -2.43. The quantitative estimate of drug-likeness (QED) is 0.334. The Morgan fingerprint density at radius 1 is 1.25 bits per heavy atom. The highest BCUT2D eigenvalue weighted by molar-refractivity contribution is 6.02. The number of hydrogen-bond acceptors (Lipinski definition) is 8. The second kappa shape index (κ2) is 8.47. The van der Waals surface area contributed by atoms with Gasteiger partial charge >= 0.3 is 11.9 Å². The fraction of sp³-hybridized carbons (Fsp3) is 0.526. The number of carbonyl (C=O) groups is 3. The van der Waals surface area contributed by atoms with Gasteiger partial charge in [-0.25, -0.2) is 0 Å². The third-order valence-corrected chi connectivity index (χ3v) is 4.81. The van der Waals surface area contributed by atoms with Crippen molar-refractivity contribution in [2.45, 2.75) is 38.7 Å². The molecule has 0 radical (unpaired) electrons. The SMILES string of the molecule is CCOC(=O)[C@@H]1C(=O)C[C@](C)(O)[C@H](C(=O)OCC)[C@H]1c1cccc([N+](=O)[O-])c1. The molecule has 0 bridgehead atoms. The fourth-order valence-electron chi connectivity index (χ4n) is 3.73. The van der Waals surface area contributed by atoms with Gasteiger partial charge in [0.2, 0.25) is 0 Å². The van der Waals surface area contributed by atoms with Crippen molar-refractivity contribution in [2.24, 2.45) is 11.8 Å². The van der Waals surface area contributed by atoms with Crippen LogP contribution in [0.15, 0.2) is 24.3 Å². The highest BCUT2D eigenvalue weighted by atomic mass is 16.6. The van der Waals surface area contributed by atoms with E-state index in [9.17, 15) is 29.6 Å². The summed E-state index contributed by atoms with van der Waals surface area (Å²) in [5, 5.41) is 22.0. The second-order valence-electron chi connectivity index (χ2n) is 6.84. The number of ketones is 1. The van der Waals surface area contributed by atoms with Crippen LogP contribution >= 0.6 is 0 Å². The van der Waals surface area contributed by atoms with Gasteiger partial charge in [-0.3, -0.25) is 24.5 Å². The van der Waals surface area contributed by atoms with Crippen LogP contribution in [0.4, 0.5) is 5.69 Å². The molecule has 0 aliphatic heterocycles. The molecule has 9 nitrogen and oxygen atoms in total. The van der Waals surface area contributed by atoms with Crippen molar-refractivity contribution in [2.75, 3.05) is 13.2 Å². The van der Waals surface area contributed by atoms with E-state index in [1.54, 1.807) is 13.8 Å². The van der Waals surface area contributed by atoms with E-state index in [0.29, 0.717) is 0 Å². The van der Waals surface area contributed by atoms with Crippen LogP contribution in [0.1, 0.15) is 38.7 Å². The number of nitrogens with zero attached hydrogens (tertiary/aromatic N) is 1. The maximum atomic E-state index is 12.7. The van der Waals surface area contributed by atoms with Crippen LogP contribution in [0.2, 0.25) is 0 Å². The standard InChI is InChI=1S/C19H23NO8/c1-4-27-17(22)15-13(21)10-19(3,24)16(18(23)28-5-2)14(15)11-7-6-8-12(9-11)20(25)26/h6-9,14-16,24H,4-5,10H2,1-3H3/t14-,15+,16-,19-/m0/s1. The molecule has 0 unspecified atom stereocenters. The van der Waals surface area contributed by atoms with Gasteiger partial charge in [-0.05, 0) is 26.3 Å². The van der Waals surface area contributed by atoms with Crippen molar-refractivity contribution in [1.29, 1.82) is 0 Å². The Labute approximate surface area is 161 Å². The minimum atomic E-state index is -1.79. The lowest BCUT2D eigenvalue weighted by Crippen LogP contribution is -2.55. The zero-order valence-electron chi connectivity index (χ0n) is 15.9. The largest absolute Gasteiger partial charge is 0.466 e. The Hall–Kier alpha value is -2.81. The molecule has 4 atom stereocenters. The van der Waals surface area contributed by atoms with E-state index in [2.05, 4.69) is 0 Å². The number of Topliss-reactive ketones (excluding diaryl/α,β-unsaturated/α-hetero) is 1. The Bertz CT molecular complexity index is 788. The van der Waals surface area contributed by atoms with Crippen LogP contribution in [0.3, 0.4) is 0 Å². The predicted molar refractivity (Wildman–Crippen MR) is 96.3 cm³/mol. The van der Waals surface area contributed by atoms with Gasteiger partial charge < -0.3 is 14.6 Å². The molecule has 1 aromatic carbocycles. The predicted octanol–water partition coefficient (Wildman–Crippen LogP) is 1.76. The summed E-state index contributed by atoms with van der Waals surface area (Å²) in [6.45, 7) is 4.53. The normalized spacial score (nSPS) is 27.1. The molecule has 1 aromatic rings. The van der Waals surface area contributed by atoms with Gasteiger partial charge in [0.15, 0.2) is 5.78 Å². The van der Waals surface area contributed by atoms with Crippen LogP contribution in [0.5, 0.6) is 0 Å². The van der Waals surface area contributed by atoms with E-state index in [4.69, 9.17) is 9.47 Å². The Morgan fingerprint density at radius 2 is 1.86 bits per heavy atom. The van der Waals surface area contributed by atoms with Crippen molar-refractivity contribution in [1.82, 2.24) is 0 Å². The summed E-state index contributed by atoms with van der Waals surface area (Å²) in [5.41, 5.74) is -1.85. The third kappa shape index (κ3) is 4.19. The number of nitro groups is 1. The van der Waals surface area contributed by atoms with Crippen LogP contribution in [0, 0.1) is 22.0 Å². The number of esters is 2. The lowest BCUT2D eigenvalue weighted by atomic mass is 9.61. The van der Waals surface area contributed by atoms with Crippen molar-refractivity contribution in [3.8, 4) is 0 Å². The summed E-state index contributed by atoms with van der Waals surface area (Å²) in [5.74, 6) is -6.03. The van der Waals surface area contributed by atoms with Crippen LogP contribution in [-0.4, -0.2) is 46.6 Å². The van der Waals surface area contributed by atoms with E-state index >= 15 is 0 Å². The van der Waals surface area contributed by atoms with Gasteiger partial charge in [0.05, 0.1) is 29.7 Å². The number of non-ortho nitro benzene ring substituents is 1. The topological polar surface area (TPSA) is 133 Å². The first-order chi connectivity index (χ1) is 13.1. The number of nitro benzene ring substituents is 1. The van der Waals surface area contributed by atoms with Gasteiger partial charge in [-0.2, -0.15) is 0 Å². The summed E-state index contributed by atoms with van der Waals surface area (Å²) < 4.78 is 10.1. The van der Waals surface area contributed by atoms with Crippen molar-refractivity contribution < 1.29 is 33.9 Å². The Kier molecular flexibility index (Phi) is 6.50. The highest BCUT2D eigenvalue weighted by Crippen LogP contribution is 2.47. The number of ether oxygens (including phenoxy) is 2.